The smallest absolute Gasteiger partial charge is 0.239 e. The minimum atomic E-state index is -1.44. The number of allylic oxidation sites excluding steroid dienone is 1. The van der Waals surface area contributed by atoms with Crippen molar-refractivity contribution in [3.8, 4) is 23.0 Å². The summed E-state index contributed by atoms with van der Waals surface area (Å²) < 4.78 is 38.5. The molecule has 2 fully saturated rings. The van der Waals surface area contributed by atoms with E-state index in [-0.39, 0.29) is 76.3 Å². The summed E-state index contributed by atoms with van der Waals surface area (Å²) in [5, 5.41) is 34.8. The van der Waals surface area contributed by atoms with Crippen LogP contribution in [0.25, 0.3) is 0 Å². The van der Waals surface area contributed by atoms with Gasteiger partial charge in [0, 0.05) is 50.5 Å². The highest BCUT2D eigenvalue weighted by molar-refractivity contribution is 6.03. The number of rotatable bonds is 33. The number of oxime groups is 1. The van der Waals surface area contributed by atoms with Crippen LogP contribution in [0.1, 0.15) is 157 Å². The van der Waals surface area contributed by atoms with Crippen molar-refractivity contribution in [1.82, 2.24) is 4.90 Å². The van der Waals surface area contributed by atoms with E-state index in [9.17, 15) is 20.1 Å². The van der Waals surface area contributed by atoms with E-state index in [2.05, 4.69) is 19.6 Å². The van der Waals surface area contributed by atoms with Gasteiger partial charge in [-0.15, -0.1) is 6.58 Å². The molecule has 0 spiro atoms. The molecule has 0 aromatic heterocycles. The molecule has 2 aromatic rings. The summed E-state index contributed by atoms with van der Waals surface area (Å²) in [5.41, 5.74) is 2.90. The average Bonchev–Trinajstić information content (AvgIpc) is 3.38. The quantitative estimate of drug-likeness (QED) is 0.0268. The number of fused-ring (bicyclic) bond motifs is 2. The molecule has 1 amide bonds. The van der Waals surface area contributed by atoms with Gasteiger partial charge in [0.25, 0.3) is 0 Å². The maximum atomic E-state index is 15.0. The molecule has 4 aliphatic rings. The lowest BCUT2D eigenvalue weighted by molar-refractivity contribution is -0.258. The second-order valence-electron chi connectivity index (χ2n) is 19.3. The third-order valence-electron chi connectivity index (χ3n) is 14.5. The Bertz CT molecular complexity index is 1980. The van der Waals surface area contributed by atoms with E-state index in [1.54, 1.807) is 24.3 Å². The van der Waals surface area contributed by atoms with Crippen LogP contribution >= 0.6 is 0 Å². The first kappa shape index (κ1) is 55.0. The normalized spacial score (nSPS) is 24.2. The maximum absolute atomic E-state index is 15.0. The summed E-state index contributed by atoms with van der Waals surface area (Å²) in [6.45, 7) is 7.61. The lowest BCUT2D eigenvalue weighted by atomic mass is 9.55. The van der Waals surface area contributed by atoms with Crippen molar-refractivity contribution in [3.05, 3.63) is 71.8 Å². The number of methoxy groups -OCH3 is 1. The second kappa shape index (κ2) is 29.3. The Labute approximate surface area is 416 Å². The van der Waals surface area contributed by atoms with E-state index in [1.165, 1.54) is 39.2 Å². The molecule has 0 bridgehead atoms. The van der Waals surface area contributed by atoms with E-state index in [0.717, 1.165) is 81.6 Å². The number of amides is 1. The lowest BCUT2D eigenvalue weighted by Crippen LogP contribution is -2.70. The van der Waals surface area contributed by atoms with Gasteiger partial charge in [-0.05, 0) is 98.8 Å². The number of ether oxygens (including phenoxy) is 6. The summed E-state index contributed by atoms with van der Waals surface area (Å²) in [6, 6.07) is 10.2. The maximum Gasteiger partial charge on any atom is 0.239 e. The van der Waals surface area contributed by atoms with E-state index >= 15 is 4.79 Å². The van der Waals surface area contributed by atoms with E-state index in [0.29, 0.717) is 66.6 Å². The fourth-order valence-electron chi connectivity index (χ4n) is 11.1. The zero-order chi connectivity index (χ0) is 49.6. The Morgan fingerprint density at radius 3 is 2.34 bits per heavy atom. The Kier molecular flexibility index (Phi) is 23.0. The first-order valence-electron chi connectivity index (χ1n) is 26.5. The van der Waals surface area contributed by atoms with Gasteiger partial charge < -0.3 is 53.5 Å². The van der Waals surface area contributed by atoms with Crippen molar-refractivity contribution in [1.29, 1.82) is 0 Å². The molecule has 7 unspecified atom stereocenters. The molecule has 7 atom stereocenters. The van der Waals surface area contributed by atoms with Gasteiger partial charge in [-0.25, -0.2) is 0 Å². The Morgan fingerprint density at radius 2 is 1.64 bits per heavy atom. The van der Waals surface area contributed by atoms with Crippen LogP contribution < -0.4 is 14.2 Å². The van der Waals surface area contributed by atoms with Crippen molar-refractivity contribution < 1.29 is 58.2 Å². The molecule has 1 saturated carbocycles. The van der Waals surface area contributed by atoms with Gasteiger partial charge in [0.15, 0.2) is 6.29 Å². The molecular formula is C56H82N2O12. The van der Waals surface area contributed by atoms with Crippen molar-refractivity contribution in [2.45, 2.75) is 159 Å². The molecule has 388 valence electrons. The van der Waals surface area contributed by atoms with Gasteiger partial charge in [-0.3, -0.25) is 9.59 Å². The van der Waals surface area contributed by atoms with Gasteiger partial charge in [-0.1, -0.05) is 88.4 Å². The van der Waals surface area contributed by atoms with Crippen molar-refractivity contribution in [2.24, 2.45) is 22.9 Å². The molecule has 2 heterocycles. The predicted molar refractivity (Wildman–Crippen MR) is 270 cm³/mol. The fourth-order valence-corrected chi connectivity index (χ4v) is 11.1. The van der Waals surface area contributed by atoms with Crippen LogP contribution in [-0.2, 0) is 23.8 Å². The molecule has 3 N–H and O–H groups in total. The summed E-state index contributed by atoms with van der Waals surface area (Å²) in [6.07, 6.45) is 22.1. The molecule has 2 aromatic carbocycles. The van der Waals surface area contributed by atoms with Crippen LogP contribution in [0.3, 0.4) is 0 Å². The Hall–Kier alpha value is -4.31. The summed E-state index contributed by atoms with van der Waals surface area (Å²) in [7, 11) is 1.52. The van der Waals surface area contributed by atoms with Crippen molar-refractivity contribution >= 4 is 17.9 Å². The highest BCUT2D eigenvalue weighted by Gasteiger charge is 2.65. The number of hydrogen-bond donors (Lipinski definition) is 3. The topological polar surface area (TPSA) is 175 Å². The van der Waals surface area contributed by atoms with Gasteiger partial charge in [0.05, 0.1) is 57.3 Å². The van der Waals surface area contributed by atoms with Crippen molar-refractivity contribution in [3.63, 3.8) is 0 Å². The third-order valence-corrected chi connectivity index (χ3v) is 14.5. The second-order valence-corrected chi connectivity index (χ2v) is 19.3. The SMILES string of the molecule is C=CCOC12Oc3ccc(Oc4ccc(OC)c(C=O)c4)cc3C3C(CCCCO)C(CCCCO)C=C(C(=NOC4CCCCO4)CC1N(CCOCCO)C(=O)CCCCCCCCCCC)C32. The van der Waals surface area contributed by atoms with Gasteiger partial charge in [-0.2, -0.15) is 0 Å². The largest absolute Gasteiger partial charge is 0.496 e. The van der Waals surface area contributed by atoms with Crippen LogP contribution in [0, 0.1) is 17.8 Å². The monoisotopic (exact) mass is 975 g/mol. The standard InChI is InChI=1S/C56H82N2O12/c1-4-6-7-8-9-10-11-12-13-22-52(63)58(28-34-65-35-31-61)51-39-48(57-70-53-23-16-19-33-66-53)46-37-41(20-14-17-29-59)45(21-15-18-30-60)54-47-38-44(68-43-24-26-49(64-3)42(36-43)40-62)25-27-50(47)69-56(51,55(46)54)67-32-5-2/h5,24-27,36-38,40-41,45,51,53-55,59-61H,2,4,6-23,28-35,39H2,1,3H3. The van der Waals surface area contributed by atoms with Gasteiger partial charge in [0.2, 0.25) is 18.0 Å². The van der Waals surface area contributed by atoms with Crippen molar-refractivity contribution in [2.75, 3.05) is 59.9 Å². The van der Waals surface area contributed by atoms with Gasteiger partial charge >= 0.3 is 0 Å². The number of hydrogen-bond acceptors (Lipinski definition) is 13. The van der Waals surface area contributed by atoms with Gasteiger partial charge in [0.1, 0.15) is 29.0 Å². The Morgan fingerprint density at radius 1 is 0.900 bits per heavy atom. The van der Waals surface area contributed by atoms with Crippen LogP contribution in [0.15, 0.2) is 65.9 Å². The zero-order valence-electron chi connectivity index (χ0n) is 42.1. The Balaban J connectivity index is 1.49. The lowest BCUT2D eigenvalue weighted by Gasteiger charge is -2.60. The molecule has 14 heteroatoms. The van der Waals surface area contributed by atoms with Crippen LogP contribution in [-0.4, -0.2) is 116 Å². The predicted octanol–water partition coefficient (Wildman–Crippen LogP) is 10.2. The average molecular weight is 975 g/mol. The number of carbonyl (C=O) groups excluding carboxylic acids is 2. The summed E-state index contributed by atoms with van der Waals surface area (Å²) in [4.78, 5) is 35.3. The molecule has 6 rings (SSSR count). The number of benzene rings is 2. The molecular weight excluding hydrogens is 893 g/mol. The van der Waals surface area contributed by atoms with E-state index < -0.39 is 24.0 Å². The molecule has 2 aliphatic carbocycles. The van der Waals surface area contributed by atoms with Crippen LogP contribution in [0.2, 0.25) is 0 Å². The molecule has 70 heavy (non-hydrogen) atoms. The molecule has 1 saturated heterocycles. The van der Waals surface area contributed by atoms with Crippen LogP contribution in [0.5, 0.6) is 23.0 Å². The third kappa shape index (κ3) is 14.4. The van der Waals surface area contributed by atoms with Crippen LogP contribution in [0.4, 0.5) is 0 Å². The highest BCUT2D eigenvalue weighted by Crippen LogP contribution is 2.62. The minimum Gasteiger partial charge on any atom is -0.496 e. The van der Waals surface area contributed by atoms with E-state index in [4.69, 9.17) is 38.4 Å². The number of aliphatic hydroxyl groups is 3. The highest BCUT2D eigenvalue weighted by atomic mass is 16.8. The van der Waals surface area contributed by atoms with E-state index in [1.807, 2.05) is 23.1 Å². The number of nitrogens with zero attached hydrogens (tertiary/aromatic N) is 2. The zero-order valence-corrected chi connectivity index (χ0v) is 42.1. The molecule has 14 nitrogen and oxygen atoms in total. The summed E-state index contributed by atoms with van der Waals surface area (Å²) >= 11 is 0. The number of unbranched alkanes of at least 4 members (excludes halogenated alkanes) is 10. The molecule has 0 radical (unpaired) electrons. The molecule has 2 aliphatic heterocycles. The summed E-state index contributed by atoms with van der Waals surface area (Å²) in [5.74, 6) is -0.156. The number of aldehydes is 1. The first-order valence-corrected chi connectivity index (χ1v) is 26.5. The minimum absolute atomic E-state index is 0.00728. The number of aliphatic hydroxyl groups excluding tert-OH is 3. The number of carbonyl (C=O) groups is 2. The fraction of sp³-hybridized carbons (Fsp3) is 0.661. The first-order chi connectivity index (χ1) is 34.4.